The number of aromatic hydroxyl groups is 1. The van der Waals surface area contributed by atoms with Gasteiger partial charge in [0.25, 0.3) is 0 Å². The SMILES string of the molecule is CC(=O)[C@@]1(C)CC[C@@H]2c3ccc(O)cc3CC[C@H]2[C@@H]1C. The molecule has 1 N–H and O–H groups in total. The third-order valence-electron chi connectivity index (χ3n) is 6.22. The van der Waals surface area contributed by atoms with E-state index in [0.29, 0.717) is 29.3 Å². The van der Waals surface area contributed by atoms with Gasteiger partial charge in [0.05, 0.1) is 0 Å². The Morgan fingerprint density at radius 1 is 1.35 bits per heavy atom. The molecule has 2 aliphatic rings. The molecule has 3 rings (SSSR count). The number of benzene rings is 1. The van der Waals surface area contributed by atoms with E-state index < -0.39 is 0 Å². The van der Waals surface area contributed by atoms with Crippen LogP contribution in [0.25, 0.3) is 0 Å². The van der Waals surface area contributed by atoms with Crippen LogP contribution in [0.5, 0.6) is 5.75 Å². The second-order valence-corrected chi connectivity index (χ2v) is 6.99. The molecular formula is C18H24O2. The molecular weight excluding hydrogens is 248 g/mol. The third kappa shape index (κ3) is 1.88. The Balaban J connectivity index is 1.96. The Labute approximate surface area is 121 Å². The monoisotopic (exact) mass is 272 g/mol. The molecule has 2 heteroatoms. The van der Waals surface area contributed by atoms with Crippen LogP contribution in [0.15, 0.2) is 18.2 Å². The second kappa shape index (κ2) is 4.61. The first kappa shape index (κ1) is 13.7. The predicted octanol–water partition coefficient (Wildman–Crippen LogP) is 4.06. The van der Waals surface area contributed by atoms with Crippen LogP contribution < -0.4 is 0 Å². The van der Waals surface area contributed by atoms with E-state index in [4.69, 9.17) is 0 Å². The van der Waals surface area contributed by atoms with Crippen molar-refractivity contribution in [1.82, 2.24) is 0 Å². The predicted molar refractivity (Wildman–Crippen MR) is 79.8 cm³/mol. The maximum atomic E-state index is 12.1. The second-order valence-electron chi connectivity index (χ2n) is 6.99. The average Bonchev–Trinajstić information content (AvgIpc) is 2.42. The van der Waals surface area contributed by atoms with Crippen molar-refractivity contribution in [3.8, 4) is 5.75 Å². The van der Waals surface area contributed by atoms with E-state index in [9.17, 15) is 9.90 Å². The molecule has 0 heterocycles. The quantitative estimate of drug-likeness (QED) is 0.837. The van der Waals surface area contributed by atoms with Crippen molar-refractivity contribution in [1.29, 1.82) is 0 Å². The van der Waals surface area contributed by atoms with Crippen LogP contribution in [0.2, 0.25) is 0 Å². The summed E-state index contributed by atoms with van der Waals surface area (Å²) in [5.41, 5.74) is 2.58. The highest BCUT2D eigenvalue weighted by atomic mass is 16.3. The highest BCUT2D eigenvalue weighted by Gasteiger charge is 2.48. The van der Waals surface area contributed by atoms with Crippen molar-refractivity contribution < 1.29 is 9.90 Å². The molecule has 1 saturated carbocycles. The number of aryl methyl sites for hydroxylation is 1. The van der Waals surface area contributed by atoms with Crippen LogP contribution >= 0.6 is 0 Å². The maximum Gasteiger partial charge on any atom is 0.135 e. The molecule has 0 spiro atoms. The van der Waals surface area contributed by atoms with Gasteiger partial charge in [0.15, 0.2) is 0 Å². The molecule has 2 nitrogen and oxygen atoms in total. The van der Waals surface area contributed by atoms with Crippen LogP contribution in [0.1, 0.15) is 57.1 Å². The molecule has 1 aromatic rings. The molecule has 1 fully saturated rings. The number of ketones is 1. The minimum Gasteiger partial charge on any atom is -0.508 e. The van der Waals surface area contributed by atoms with Crippen LogP contribution in [0.3, 0.4) is 0 Å². The smallest absolute Gasteiger partial charge is 0.135 e. The van der Waals surface area contributed by atoms with E-state index in [-0.39, 0.29) is 5.41 Å². The van der Waals surface area contributed by atoms with Crippen molar-refractivity contribution in [3.63, 3.8) is 0 Å². The van der Waals surface area contributed by atoms with Gasteiger partial charge in [-0.05, 0) is 73.6 Å². The zero-order valence-corrected chi connectivity index (χ0v) is 12.6. The Morgan fingerprint density at radius 2 is 2.10 bits per heavy atom. The fraction of sp³-hybridized carbons (Fsp3) is 0.611. The van der Waals surface area contributed by atoms with Gasteiger partial charge in [0, 0.05) is 5.41 Å². The normalized spacial score (nSPS) is 36.0. The molecule has 0 aromatic heterocycles. The maximum absolute atomic E-state index is 12.1. The van der Waals surface area contributed by atoms with Crippen LogP contribution in [0.4, 0.5) is 0 Å². The van der Waals surface area contributed by atoms with Gasteiger partial charge in [-0.3, -0.25) is 4.79 Å². The Kier molecular flexibility index (Phi) is 3.15. The molecule has 1 aromatic carbocycles. The molecule has 0 radical (unpaired) electrons. The molecule has 0 bridgehead atoms. The first-order valence-corrected chi connectivity index (χ1v) is 7.76. The highest BCUT2D eigenvalue weighted by molar-refractivity contribution is 5.82. The zero-order chi connectivity index (χ0) is 14.5. The number of Topliss-reactive ketones (excluding diaryl/α,β-unsaturated/α-hetero) is 1. The van der Waals surface area contributed by atoms with Gasteiger partial charge in [-0.1, -0.05) is 19.9 Å². The number of rotatable bonds is 1. The molecule has 2 aliphatic carbocycles. The summed E-state index contributed by atoms with van der Waals surface area (Å²) >= 11 is 0. The molecule has 0 amide bonds. The molecule has 0 saturated heterocycles. The third-order valence-corrected chi connectivity index (χ3v) is 6.22. The van der Waals surface area contributed by atoms with E-state index in [1.807, 2.05) is 12.1 Å². The lowest BCUT2D eigenvalue weighted by atomic mass is 9.54. The summed E-state index contributed by atoms with van der Waals surface area (Å²) in [7, 11) is 0. The summed E-state index contributed by atoms with van der Waals surface area (Å²) in [6.45, 7) is 6.18. The number of carbonyl (C=O) groups excluding carboxylic acids is 1. The fourth-order valence-electron chi connectivity index (χ4n) is 4.54. The topological polar surface area (TPSA) is 37.3 Å². The Morgan fingerprint density at radius 3 is 2.80 bits per heavy atom. The summed E-state index contributed by atoms with van der Waals surface area (Å²) in [6.07, 6.45) is 4.27. The van der Waals surface area contributed by atoms with Crippen molar-refractivity contribution >= 4 is 5.78 Å². The molecule has 0 aliphatic heterocycles. The molecule has 4 atom stereocenters. The summed E-state index contributed by atoms with van der Waals surface area (Å²) in [5.74, 6) is 2.34. The van der Waals surface area contributed by atoms with E-state index in [1.54, 1.807) is 6.92 Å². The van der Waals surface area contributed by atoms with Crippen LogP contribution in [0, 0.1) is 17.3 Å². The lowest BCUT2D eigenvalue weighted by Gasteiger charge is -2.49. The highest BCUT2D eigenvalue weighted by Crippen LogP contribution is 2.54. The van der Waals surface area contributed by atoms with Crippen molar-refractivity contribution in [2.45, 2.75) is 52.4 Å². The summed E-state index contributed by atoms with van der Waals surface area (Å²) in [5, 5.41) is 9.65. The zero-order valence-electron chi connectivity index (χ0n) is 12.6. The standard InChI is InChI=1S/C18H24O2/c1-11-15-6-4-13-10-14(20)5-7-16(13)17(15)8-9-18(11,3)12(2)19/h5,7,10-11,15,17,20H,4,6,8-9H2,1-3H3/t11-,15-,17-,18-/m0/s1. The summed E-state index contributed by atoms with van der Waals surface area (Å²) in [6, 6.07) is 5.84. The van der Waals surface area contributed by atoms with E-state index >= 15 is 0 Å². The van der Waals surface area contributed by atoms with E-state index in [0.717, 1.165) is 25.7 Å². The Hall–Kier alpha value is -1.31. The molecule has 20 heavy (non-hydrogen) atoms. The van der Waals surface area contributed by atoms with Gasteiger partial charge in [0.1, 0.15) is 11.5 Å². The van der Waals surface area contributed by atoms with Crippen molar-refractivity contribution in [3.05, 3.63) is 29.3 Å². The van der Waals surface area contributed by atoms with Crippen LogP contribution in [-0.4, -0.2) is 10.9 Å². The van der Waals surface area contributed by atoms with Crippen LogP contribution in [-0.2, 0) is 11.2 Å². The van der Waals surface area contributed by atoms with Gasteiger partial charge in [-0.25, -0.2) is 0 Å². The number of hydrogen-bond donors (Lipinski definition) is 1. The van der Waals surface area contributed by atoms with Crippen molar-refractivity contribution in [2.24, 2.45) is 17.3 Å². The summed E-state index contributed by atoms with van der Waals surface area (Å²) < 4.78 is 0. The number of carbonyl (C=O) groups is 1. The number of phenolic OH excluding ortho intramolecular Hbond substituents is 1. The van der Waals surface area contributed by atoms with Crippen molar-refractivity contribution in [2.75, 3.05) is 0 Å². The summed E-state index contributed by atoms with van der Waals surface area (Å²) in [4.78, 5) is 12.1. The van der Waals surface area contributed by atoms with Gasteiger partial charge in [0.2, 0.25) is 0 Å². The minimum absolute atomic E-state index is 0.143. The van der Waals surface area contributed by atoms with Gasteiger partial charge in [-0.2, -0.15) is 0 Å². The molecule has 108 valence electrons. The first-order valence-electron chi connectivity index (χ1n) is 7.76. The Bertz CT molecular complexity index is 548. The largest absolute Gasteiger partial charge is 0.508 e. The van der Waals surface area contributed by atoms with Gasteiger partial charge >= 0.3 is 0 Å². The number of hydrogen-bond acceptors (Lipinski definition) is 2. The number of fused-ring (bicyclic) bond motifs is 3. The van der Waals surface area contributed by atoms with Gasteiger partial charge < -0.3 is 5.11 Å². The van der Waals surface area contributed by atoms with E-state index in [1.165, 1.54) is 11.1 Å². The fourth-order valence-corrected chi connectivity index (χ4v) is 4.54. The first-order chi connectivity index (χ1) is 9.43. The number of phenols is 1. The lowest BCUT2D eigenvalue weighted by Crippen LogP contribution is -2.44. The van der Waals surface area contributed by atoms with E-state index in [2.05, 4.69) is 19.9 Å². The average molecular weight is 272 g/mol. The molecule has 0 unspecified atom stereocenters. The van der Waals surface area contributed by atoms with Gasteiger partial charge in [-0.15, -0.1) is 0 Å². The lowest BCUT2D eigenvalue weighted by molar-refractivity contribution is -0.132. The minimum atomic E-state index is -0.143.